The van der Waals surface area contributed by atoms with Crippen molar-refractivity contribution in [1.29, 1.82) is 0 Å². The molecule has 226 valence electrons. The van der Waals surface area contributed by atoms with Crippen LogP contribution < -0.4 is 19.1 Å². The van der Waals surface area contributed by atoms with Crippen LogP contribution in [0.1, 0.15) is 44.0 Å². The number of ether oxygens (including phenoxy) is 1. The van der Waals surface area contributed by atoms with Crippen molar-refractivity contribution in [1.82, 2.24) is 4.57 Å². The van der Waals surface area contributed by atoms with Crippen molar-refractivity contribution < 1.29 is 9.30 Å². The van der Waals surface area contributed by atoms with Crippen LogP contribution >= 0.6 is 0 Å². The highest BCUT2D eigenvalue weighted by Crippen LogP contribution is 2.50. The van der Waals surface area contributed by atoms with E-state index in [4.69, 9.17) is 4.74 Å². The summed E-state index contributed by atoms with van der Waals surface area (Å²) in [5.41, 5.74) is 11.1. The zero-order valence-electron chi connectivity index (χ0n) is 26.7. The Balaban J connectivity index is 1.39. The average Bonchev–Trinajstić information content (AvgIpc) is 3.52. The molecule has 2 aromatic heterocycles. The summed E-state index contributed by atoms with van der Waals surface area (Å²) in [5, 5.41) is 1.28. The van der Waals surface area contributed by atoms with Crippen molar-refractivity contribution in [2.24, 2.45) is 5.92 Å². The molecule has 0 fully saturated rings. The molecular formula is C41H37N4O+. The first-order chi connectivity index (χ1) is 22.4. The fourth-order valence-corrected chi connectivity index (χ4v) is 8.19. The van der Waals surface area contributed by atoms with Gasteiger partial charge in [0.05, 0.1) is 29.3 Å². The third-order valence-corrected chi connectivity index (χ3v) is 9.88. The smallest absolute Gasteiger partial charge is 0.291 e. The van der Waals surface area contributed by atoms with E-state index in [0.717, 1.165) is 58.4 Å². The number of nitrogens with zero attached hydrogens (tertiary/aromatic N) is 4. The van der Waals surface area contributed by atoms with Crippen LogP contribution in [-0.2, 0) is 6.42 Å². The van der Waals surface area contributed by atoms with Crippen LogP contribution in [0.5, 0.6) is 11.5 Å². The van der Waals surface area contributed by atoms with Gasteiger partial charge in [0.2, 0.25) is 0 Å². The maximum Gasteiger partial charge on any atom is 0.291 e. The molecule has 0 saturated carbocycles. The first-order valence-electron chi connectivity index (χ1n) is 16.4. The van der Waals surface area contributed by atoms with Gasteiger partial charge in [-0.05, 0) is 99.2 Å². The summed E-state index contributed by atoms with van der Waals surface area (Å²) >= 11 is 0. The summed E-state index contributed by atoms with van der Waals surface area (Å²) in [7, 11) is 0. The number of aryl methyl sites for hydroxylation is 2. The Kier molecular flexibility index (Phi) is 5.95. The molecule has 4 aliphatic rings. The topological polar surface area (TPSA) is 24.5 Å². The summed E-state index contributed by atoms with van der Waals surface area (Å²) in [6.45, 7) is 8.99. The van der Waals surface area contributed by atoms with Crippen LogP contribution in [0.3, 0.4) is 0 Å². The lowest BCUT2D eigenvalue weighted by molar-refractivity contribution is -0.563. The van der Waals surface area contributed by atoms with E-state index >= 15 is 0 Å². The van der Waals surface area contributed by atoms with E-state index in [2.05, 4.69) is 162 Å². The first-order valence-corrected chi connectivity index (χ1v) is 16.4. The molecule has 0 N–H and O–H groups in total. The van der Waals surface area contributed by atoms with Gasteiger partial charge < -0.3 is 9.64 Å². The molecule has 5 aromatic rings. The number of allylic oxidation sites excluding steroid dienone is 3. The van der Waals surface area contributed by atoms with E-state index in [0.29, 0.717) is 5.92 Å². The monoisotopic (exact) mass is 601 g/mol. The van der Waals surface area contributed by atoms with Crippen molar-refractivity contribution in [3.8, 4) is 17.3 Å². The molecule has 9 rings (SSSR count). The second-order valence-corrected chi connectivity index (χ2v) is 13.2. The molecule has 0 spiro atoms. The summed E-state index contributed by atoms with van der Waals surface area (Å²) in [6.07, 6.45) is 15.9. The minimum absolute atomic E-state index is 0.161. The Hall–Kier alpha value is -5.29. The van der Waals surface area contributed by atoms with Gasteiger partial charge in [-0.3, -0.25) is 4.90 Å². The van der Waals surface area contributed by atoms with Crippen LogP contribution in [-0.4, -0.2) is 10.6 Å². The van der Waals surface area contributed by atoms with Crippen molar-refractivity contribution in [2.75, 3.05) is 9.80 Å². The molecule has 2 atom stereocenters. The molecule has 4 heterocycles. The Morgan fingerprint density at radius 1 is 0.870 bits per heavy atom. The number of benzene rings is 3. The number of hydrogen-bond donors (Lipinski definition) is 0. The maximum absolute atomic E-state index is 6.70. The lowest BCUT2D eigenvalue weighted by Crippen LogP contribution is -2.43. The molecule has 5 nitrogen and oxygen atoms in total. The van der Waals surface area contributed by atoms with Crippen molar-refractivity contribution in [3.05, 3.63) is 137 Å². The van der Waals surface area contributed by atoms with Crippen LogP contribution in [0, 0.1) is 12.8 Å². The van der Waals surface area contributed by atoms with Gasteiger partial charge in [-0.25, -0.2) is 4.57 Å². The molecule has 2 aliphatic heterocycles. The van der Waals surface area contributed by atoms with Crippen LogP contribution in [0.4, 0.5) is 17.1 Å². The van der Waals surface area contributed by atoms with E-state index in [9.17, 15) is 0 Å². The third kappa shape index (κ3) is 4.04. The van der Waals surface area contributed by atoms with Crippen molar-refractivity contribution in [2.45, 2.75) is 46.6 Å². The molecule has 46 heavy (non-hydrogen) atoms. The zero-order valence-corrected chi connectivity index (χ0v) is 26.7. The van der Waals surface area contributed by atoms with Crippen LogP contribution in [0.2, 0.25) is 0 Å². The second kappa shape index (κ2) is 10.1. The fourth-order valence-electron chi connectivity index (χ4n) is 8.19. The van der Waals surface area contributed by atoms with Gasteiger partial charge in [0.25, 0.3) is 5.82 Å². The molecule has 3 aromatic carbocycles. The van der Waals surface area contributed by atoms with E-state index in [-0.39, 0.29) is 6.04 Å². The van der Waals surface area contributed by atoms with E-state index < -0.39 is 0 Å². The standard InChI is InChI=1S/C41H37N4O/c1-26-19-28(3)41(29(4)20-26)45-37-14-8-7-13-36(37)43-30-21-27(2)22-32(23-30)46-31-16-17-34-33-11-5-6-12-35(33)44(38(34)24-31)39-15-9-10-18-42(39)25-40(43)45/h6-10,12-25,28,41H,5,11H2,1-4H3/q+1. The molecule has 5 heteroatoms. The van der Waals surface area contributed by atoms with Gasteiger partial charge in [0, 0.05) is 29.1 Å². The normalized spacial score (nSPS) is 19.5. The van der Waals surface area contributed by atoms with Gasteiger partial charge in [-0.15, -0.1) is 0 Å². The van der Waals surface area contributed by atoms with Gasteiger partial charge >= 0.3 is 0 Å². The first kappa shape index (κ1) is 27.1. The molecular weight excluding hydrogens is 564 g/mol. The summed E-state index contributed by atoms with van der Waals surface area (Å²) in [4.78, 5) is 4.97. The third-order valence-electron chi connectivity index (χ3n) is 9.88. The largest absolute Gasteiger partial charge is 0.457 e. The number of hydrogen-bond acceptors (Lipinski definition) is 3. The van der Waals surface area contributed by atoms with Gasteiger partial charge in [-0.1, -0.05) is 48.9 Å². The highest BCUT2D eigenvalue weighted by molar-refractivity contribution is 5.93. The lowest BCUT2D eigenvalue weighted by Gasteiger charge is -2.37. The second-order valence-electron chi connectivity index (χ2n) is 13.2. The zero-order chi connectivity index (χ0) is 31.1. The summed E-state index contributed by atoms with van der Waals surface area (Å²) in [6, 6.07) is 28.6. The van der Waals surface area contributed by atoms with Crippen LogP contribution in [0.15, 0.2) is 120 Å². The number of anilines is 3. The average molecular weight is 602 g/mol. The lowest BCUT2D eigenvalue weighted by atomic mass is 9.86. The van der Waals surface area contributed by atoms with Gasteiger partial charge in [0.15, 0.2) is 5.82 Å². The predicted molar refractivity (Wildman–Crippen MR) is 188 cm³/mol. The fraction of sp³-hybridized carbons (Fsp3) is 0.195. The van der Waals surface area contributed by atoms with Crippen LogP contribution in [0.25, 0.3) is 29.0 Å². The molecule has 0 radical (unpaired) electrons. The Bertz CT molecular complexity index is 2210. The minimum Gasteiger partial charge on any atom is -0.457 e. The minimum atomic E-state index is 0.161. The van der Waals surface area contributed by atoms with E-state index in [1.54, 1.807) is 0 Å². The SMILES string of the molecule is CC1=CC(C)C(N2C3=C[n+]4ccccc4-n4c5c(c6ccc(cc64)Oc4cc(C)cc(c4)N3c3ccccc32)CCC=C5)C(C)=C1. The Labute approximate surface area is 270 Å². The number of pyridine rings is 1. The predicted octanol–water partition coefficient (Wildman–Crippen LogP) is 9.62. The maximum atomic E-state index is 6.70. The Morgan fingerprint density at radius 2 is 1.72 bits per heavy atom. The van der Waals surface area contributed by atoms with Crippen molar-refractivity contribution in [3.63, 3.8) is 0 Å². The van der Waals surface area contributed by atoms with E-state index in [1.165, 1.54) is 33.5 Å². The molecule has 0 saturated heterocycles. The highest BCUT2D eigenvalue weighted by Gasteiger charge is 2.41. The highest BCUT2D eigenvalue weighted by atomic mass is 16.5. The number of rotatable bonds is 1. The Morgan fingerprint density at radius 3 is 2.59 bits per heavy atom. The number of aromatic nitrogens is 2. The molecule has 2 unspecified atom stereocenters. The molecule has 4 bridgehead atoms. The number of fused-ring (bicyclic) bond motifs is 12. The van der Waals surface area contributed by atoms with Gasteiger partial charge in [-0.2, -0.15) is 4.57 Å². The molecule has 2 aliphatic carbocycles. The van der Waals surface area contributed by atoms with E-state index in [1.807, 2.05) is 0 Å². The number of para-hydroxylation sites is 2. The summed E-state index contributed by atoms with van der Waals surface area (Å²) < 4.78 is 11.4. The van der Waals surface area contributed by atoms with Crippen molar-refractivity contribution >= 4 is 40.2 Å². The quantitative estimate of drug-likeness (QED) is 0.179. The molecule has 0 amide bonds. The summed E-state index contributed by atoms with van der Waals surface area (Å²) in [5.74, 6) is 4.18. The van der Waals surface area contributed by atoms with Gasteiger partial charge in [0.1, 0.15) is 28.9 Å².